The summed E-state index contributed by atoms with van der Waals surface area (Å²) < 4.78 is 43.8. The molecule has 0 fully saturated rings. The summed E-state index contributed by atoms with van der Waals surface area (Å²) in [6.07, 6.45) is 0. The Labute approximate surface area is 110 Å². The molecule has 0 bridgehead atoms. The van der Waals surface area contributed by atoms with E-state index in [1.165, 1.54) is 12.1 Å². The van der Waals surface area contributed by atoms with E-state index in [9.17, 15) is 16.8 Å². The zero-order chi connectivity index (χ0) is 11.0. The number of rotatable bonds is 2. The topological polar surface area (TPSA) is 120 Å². The maximum atomic E-state index is 11.0. The maximum absolute atomic E-state index is 11.0. The van der Waals surface area contributed by atoms with Gasteiger partial charge in [-0.3, -0.25) is 0 Å². The Kier molecular flexibility index (Phi) is 4.93. The van der Waals surface area contributed by atoms with E-state index in [0.29, 0.717) is 0 Å². The first-order chi connectivity index (χ1) is 6.23. The molecule has 1 aromatic carbocycles. The van der Waals surface area contributed by atoms with Gasteiger partial charge >= 0.3 is 0 Å². The van der Waals surface area contributed by atoms with Gasteiger partial charge in [0.1, 0.15) is 9.79 Å². The van der Waals surface area contributed by atoms with Crippen LogP contribution >= 0.6 is 0 Å². The molecular weight excluding hydrogens is 251 g/mol. The van der Waals surface area contributed by atoms with Crippen molar-refractivity contribution in [3.05, 3.63) is 24.3 Å². The van der Waals surface area contributed by atoms with E-state index in [4.69, 9.17) is 10.3 Å². The van der Waals surface area contributed by atoms with Gasteiger partial charge in [-0.1, -0.05) is 12.1 Å². The Morgan fingerprint density at radius 3 is 1.27 bits per heavy atom. The van der Waals surface area contributed by atoms with Gasteiger partial charge in [0.2, 0.25) is 20.0 Å². The molecule has 0 saturated carbocycles. The second-order valence-corrected chi connectivity index (χ2v) is 5.60. The predicted molar refractivity (Wildman–Crippen MR) is 54.9 cm³/mol. The number of primary sulfonamides is 2. The van der Waals surface area contributed by atoms with Gasteiger partial charge in [0.25, 0.3) is 0 Å². The van der Waals surface area contributed by atoms with E-state index in [-0.39, 0.29) is 29.6 Å². The molecule has 1 radical (unpaired) electrons. The molecule has 0 aliphatic heterocycles. The Morgan fingerprint density at radius 1 is 0.800 bits per heavy atom. The number of benzene rings is 1. The molecule has 6 nitrogen and oxygen atoms in total. The minimum Gasteiger partial charge on any atom is -0.225 e. The van der Waals surface area contributed by atoms with Crippen molar-refractivity contribution in [3.8, 4) is 0 Å². The van der Waals surface area contributed by atoms with Crippen LogP contribution in [0.3, 0.4) is 0 Å². The van der Waals surface area contributed by atoms with Crippen LogP contribution in [-0.4, -0.2) is 46.4 Å². The van der Waals surface area contributed by atoms with Gasteiger partial charge in [-0.05, 0) is 12.1 Å². The summed E-state index contributed by atoms with van der Waals surface area (Å²) in [5.41, 5.74) is 0. The van der Waals surface area contributed by atoms with Gasteiger partial charge in [-0.15, -0.1) is 0 Å². The number of nitrogens with two attached hydrogens (primary N) is 2. The van der Waals surface area contributed by atoms with Crippen molar-refractivity contribution in [2.24, 2.45) is 10.3 Å². The third-order valence-corrected chi connectivity index (χ3v) is 3.53. The van der Waals surface area contributed by atoms with Crippen LogP contribution in [0.1, 0.15) is 0 Å². The number of hydrogen-bond donors (Lipinski definition) is 2. The van der Waals surface area contributed by atoms with Crippen molar-refractivity contribution in [3.63, 3.8) is 0 Å². The van der Waals surface area contributed by atoms with Gasteiger partial charge in [-0.25, -0.2) is 27.1 Å². The molecule has 79 valence electrons. The molecule has 0 aliphatic rings. The fourth-order valence-electron chi connectivity index (χ4n) is 0.920. The molecule has 0 aromatic heterocycles. The standard InChI is InChI=1S/C6H8N2O4S2.Na/c7-13(9,10)5-3-1-2-4-6(5)14(8,11)12;/h1-4H,(H2,7,9,10)(H2,8,11,12);. The van der Waals surface area contributed by atoms with E-state index in [1.54, 1.807) is 0 Å². The molecule has 0 amide bonds. The summed E-state index contributed by atoms with van der Waals surface area (Å²) in [5.74, 6) is 0. The predicted octanol–water partition coefficient (Wildman–Crippen LogP) is -1.40. The molecule has 0 atom stereocenters. The Bertz CT molecular complexity index is 501. The molecule has 0 aliphatic carbocycles. The minimum atomic E-state index is -4.08. The third kappa shape index (κ3) is 3.83. The van der Waals surface area contributed by atoms with Crippen molar-refractivity contribution < 1.29 is 16.8 Å². The molecule has 4 N–H and O–H groups in total. The second kappa shape index (κ2) is 4.91. The summed E-state index contributed by atoms with van der Waals surface area (Å²) in [4.78, 5) is -0.995. The van der Waals surface area contributed by atoms with Crippen molar-refractivity contribution >= 4 is 49.6 Å². The fourth-order valence-corrected chi connectivity index (χ4v) is 2.85. The summed E-state index contributed by atoms with van der Waals surface area (Å²) in [6, 6.07) is 4.87. The minimum absolute atomic E-state index is 0. The molecule has 15 heavy (non-hydrogen) atoms. The molecule has 9 heteroatoms. The molecule has 0 heterocycles. The summed E-state index contributed by atoms with van der Waals surface area (Å²) in [5, 5.41) is 9.61. The van der Waals surface area contributed by atoms with E-state index in [2.05, 4.69) is 0 Å². The average Bonchev–Trinajstić information content (AvgIpc) is 2.01. The van der Waals surface area contributed by atoms with Crippen LogP contribution in [0.2, 0.25) is 0 Å². The van der Waals surface area contributed by atoms with Crippen molar-refractivity contribution in [2.75, 3.05) is 0 Å². The summed E-state index contributed by atoms with van der Waals surface area (Å²) >= 11 is 0. The van der Waals surface area contributed by atoms with Gasteiger partial charge in [0.15, 0.2) is 0 Å². The Hall–Kier alpha value is 0.0400. The molecule has 0 saturated heterocycles. The van der Waals surface area contributed by atoms with Crippen LogP contribution in [0.5, 0.6) is 0 Å². The average molecular weight is 259 g/mol. The zero-order valence-electron chi connectivity index (χ0n) is 7.91. The first-order valence-corrected chi connectivity index (χ1v) is 6.47. The largest absolute Gasteiger partial charge is 0.239 e. The van der Waals surface area contributed by atoms with Crippen molar-refractivity contribution in [2.45, 2.75) is 9.79 Å². The smallest absolute Gasteiger partial charge is 0.225 e. The van der Waals surface area contributed by atoms with Crippen LogP contribution in [0.4, 0.5) is 0 Å². The Morgan fingerprint density at radius 2 is 1.07 bits per heavy atom. The van der Waals surface area contributed by atoms with Gasteiger partial charge in [0.05, 0.1) is 0 Å². The number of hydrogen-bond acceptors (Lipinski definition) is 4. The molecule has 1 rings (SSSR count). The third-order valence-electron chi connectivity index (χ3n) is 1.46. The molecule has 1 aromatic rings. The van der Waals surface area contributed by atoms with Gasteiger partial charge in [-0.2, -0.15) is 0 Å². The van der Waals surface area contributed by atoms with E-state index in [0.717, 1.165) is 12.1 Å². The SMILES string of the molecule is NS(=O)(=O)c1ccccc1S(N)(=O)=O.[Na]. The van der Waals surface area contributed by atoms with Crippen LogP contribution < -0.4 is 10.3 Å². The Balaban J connectivity index is 0.00000196. The monoisotopic (exact) mass is 259 g/mol. The van der Waals surface area contributed by atoms with Crippen molar-refractivity contribution in [1.29, 1.82) is 0 Å². The summed E-state index contributed by atoms with van der Waals surface area (Å²) in [6.45, 7) is 0. The second-order valence-electron chi connectivity index (χ2n) is 2.54. The first-order valence-electron chi connectivity index (χ1n) is 3.37. The van der Waals surface area contributed by atoms with Crippen LogP contribution in [-0.2, 0) is 20.0 Å². The molecule has 0 spiro atoms. The number of sulfonamides is 2. The van der Waals surface area contributed by atoms with Crippen LogP contribution in [0, 0.1) is 0 Å². The van der Waals surface area contributed by atoms with Gasteiger partial charge < -0.3 is 0 Å². The quantitative estimate of drug-likeness (QED) is 0.634. The van der Waals surface area contributed by atoms with Crippen molar-refractivity contribution in [1.82, 2.24) is 0 Å². The van der Waals surface area contributed by atoms with E-state index >= 15 is 0 Å². The van der Waals surface area contributed by atoms with E-state index in [1.807, 2.05) is 0 Å². The molecule has 0 unspecified atom stereocenters. The first kappa shape index (κ1) is 15.0. The van der Waals surface area contributed by atoms with Gasteiger partial charge in [0, 0.05) is 29.6 Å². The summed E-state index contributed by atoms with van der Waals surface area (Å²) in [7, 11) is -8.15. The zero-order valence-corrected chi connectivity index (χ0v) is 11.5. The maximum Gasteiger partial charge on any atom is 0.239 e. The van der Waals surface area contributed by atoms with Crippen LogP contribution in [0.15, 0.2) is 34.1 Å². The van der Waals surface area contributed by atoms with Crippen LogP contribution in [0.25, 0.3) is 0 Å². The van der Waals surface area contributed by atoms with E-state index < -0.39 is 29.8 Å². The fraction of sp³-hybridized carbons (Fsp3) is 0. The molecular formula is C6H8N2NaO4S2. The normalized spacial score (nSPS) is 11.9.